The highest BCUT2D eigenvalue weighted by atomic mass is 35.5. The molecule has 0 unspecified atom stereocenters. The molecular weight excluding hydrogens is 338 g/mol. The first-order valence-corrected chi connectivity index (χ1v) is 9.23. The highest BCUT2D eigenvalue weighted by molar-refractivity contribution is 6.30. The Labute approximate surface area is 155 Å². The Hall–Kier alpha value is -1.59. The van der Waals surface area contributed by atoms with Crippen LogP contribution in [-0.2, 0) is 4.79 Å². The number of halogens is 1. The highest BCUT2D eigenvalue weighted by Crippen LogP contribution is 2.27. The normalized spacial score (nSPS) is 19.0. The van der Waals surface area contributed by atoms with Crippen molar-refractivity contribution < 1.29 is 9.53 Å². The van der Waals surface area contributed by atoms with E-state index in [0.29, 0.717) is 23.5 Å². The summed E-state index contributed by atoms with van der Waals surface area (Å²) in [6.07, 6.45) is 7.57. The maximum atomic E-state index is 12.1. The Kier molecular flexibility index (Phi) is 7.26. The fourth-order valence-corrected chi connectivity index (χ4v) is 2.86. The van der Waals surface area contributed by atoms with Gasteiger partial charge in [-0.25, -0.2) is 4.98 Å². The average molecular weight is 366 g/mol. The summed E-state index contributed by atoms with van der Waals surface area (Å²) in [5, 5.41) is 3.55. The van der Waals surface area contributed by atoms with E-state index < -0.39 is 0 Å². The zero-order chi connectivity index (χ0) is 18.4. The maximum absolute atomic E-state index is 12.1. The predicted octanol–water partition coefficient (Wildman–Crippen LogP) is 3.38. The molecule has 0 saturated carbocycles. The number of amides is 1. The Morgan fingerprint density at radius 1 is 1.52 bits per heavy atom. The van der Waals surface area contributed by atoms with Crippen molar-refractivity contribution in [2.45, 2.75) is 45.8 Å². The maximum Gasteiger partial charge on any atom is 0.225 e. The number of carbonyl (C=O) groups is 1. The molecule has 1 aliphatic rings. The summed E-state index contributed by atoms with van der Waals surface area (Å²) >= 11 is 6.18. The lowest BCUT2D eigenvalue weighted by Crippen LogP contribution is -2.33. The molecule has 2 rings (SSSR count). The first-order chi connectivity index (χ1) is 11.9. The molecule has 6 heteroatoms. The Morgan fingerprint density at radius 2 is 2.28 bits per heavy atom. The fourth-order valence-electron chi connectivity index (χ4n) is 2.71. The van der Waals surface area contributed by atoms with Gasteiger partial charge in [0.2, 0.25) is 5.91 Å². The van der Waals surface area contributed by atoms with Crippen molar-refractivity contribution in [3.8, 4) is 5.75 Å². The molecule has 138 valence electrons. The summed E-state index contributed by atoms with van der Waals surface area (Å²) in [7, 11) is 1.95. The minimum atomic E-state index is -0.0365. The summed E-state index contributed by atoms with van der Waals surface area (Å²) in [6, 6.07) is 2.33. The third-order valence-corrected chi connectivity index (χ3v) is 4.65. The van der Waals surface area contributed by atoms with Crippen molar-refractivity contribution in [1.29, 1.82) is 0 Å². The van der Waals surface area contributed by atoms with Gasteiger partial charge in [-0.05, 0) is 32.0 Å². The van der Waals surface area contributed by atoms with Crippen LogP contribution in [0.4, 0.5) is 0 Å². The predicted molar refractivity (Wildman–Crippen MR) is 102 cm³/mol. The van der Waals surface area contributed by atoms with Gasteiger partial charge < -0.3 is 15.0 Å². The lowest BCUT2D eigenvalue weighted by molar-refractivity contribution is -0.133. The molecule has 1 aromatic rings. The van der Waals surface area contributed by atoms with E-state index in [9.17, 15) is 4.79 Å². The number of nitrogens with one attached hydrogen (secondary N) is 1. The molecule has 25 heavy (non-hydrogen) atoms. The summed E-state index contributed by atoms with van der Waals surface area (Å²) in [5.74, 6) is 0.762. The van der Waals surface area contributed by atoms with Crippen LogP contribution in [0.1, 0.15) is 39.2 Å². The van der Waals surface area contributed by atoms with Crippen LogP contribution in [0.15, 0.2) is 18.3 Å². The van der Waals surface area contributed by atoms with Gasteiger partial charge in [0.15, 0.2) is 10.9 Å². The van der Waals surface area contributed by atoms with E-state index in [4.69, 9.17) is 16.3 Å². The van der Waals surface area contributed by atoms with Crippen LogP contribution in [0.3, 0.4) is 0 Å². The topological polar surface area (TPSA) is 54.5 Å². The lowest BCUT2D eigenvalue weighted by atomic mass is 10.2. The van der Waals surface area contributed by atoms with Crippen LogP contribution in [0.5, 0.6) is 5.75 Å². The van der Waals surface area contributed by atoms with Crippen molar-refractivity contribution in [2.75, 3.05) is 20.1 Å². The van der Waals surface area contributed by atoms with Gasteiger partial charge >= 0.3 is 0 Å². The molecule has 1 amide bonds. The third-order valence-electron chi connectivity index (χ3n) is 4.37. The van der Waals surface area contributed by atoms with E-state index in [0.717, 1.165) is 24.9 Å². The van der Waals surface area contributed by atoms with Crippen LogP contribution in [0.25, 0.3) is 6.08 Å². The molecule has 1 aromatic heterocycles. The molecule has 0 aliphatic carbocycles. The molecule has 0 bridgehead atoms. The standard InChI is InChI=1S/C19H28ClN3O2/c1-13(2)19(24)23-9-8-16(12-23)25-17-10-15(11-22-18(17)20)7-5-6-14(3)21-4/h5,7,10-11,13-14,16,21H,6,8-9,12H2,1-4H3/b7-5+/t14-,16-/m0/s1. The monoisotopic (exact) mass is 365 g/mol. The quantitative estimate of drug-likeness (QED) is 0.752. The summed E-state index contributed by atoms with van der Waals surface area (Å²) < 4.78 is 6.02. The first-order valence-electron chi connectivity index (χ1n) is 8.85. The number of hydrogen-bond donors (Lipinski definition) is 1. The van der Waals surface area contributed by atoms with E-state index in [1.807, 2.05) is 37.9 Å². The number of nitrogens with zero attached hydrogens (tertiary/aromatic N) is 2. The van der Waals surface area contributed by atoms with Crippen LogP contribution >= 0.6 is 11.6 Å². The summed E-state index contributed by atoms with van der Waals surface area (Å²) in [5.41, 5.74) is 0.954. The number of aromatic nitrogens is 1. The van der Waals surface area contributed by atoms with Gasteiger partial charge in [-0.15, -0.1) is 0 Å². The third kappa shape index (κ3) is 5.72. The number of likely N-dealkylation sites (tertiary alicyclic amines) is 1. The molecule has 1 aliphatic heterocycles. The summed E-state index contributed by atoms with van der Waals surface area (Å²) in [4.78, 5) is 18.2. The average Bonchev–Trinajstić information content (AvgIpc) is 3.05. The van der Waals surface area contributed by atoms with E-state index in [1.165, 1.54) is 0 Å². The molecule has 2 heterocycles. The van der Waals surface area contributed by atoms with E-state index in [2.05, 4.69) is 23.3 Å². The highest BCUT2D eigenvalue weighted by Gasteiger charge is 2.29. The Bertz CT molecular complexity index is 619. The number of ether oxygens (including phenoxy) is 1. The number of rotatable bonds is 7. The largest absolute Gasteiger partial charge is 0.485 e. The van der Waals surface area contributed by atoms with Crippen LogP contribution in [0.2, 0.25) is 5.15 Å². The Balaban J connectivity index is 1.98. The van der Waals surface area contributed by atoms with Crippen molar-refractivity contribution in [2.24, 2.45) is 5.92 Å². The second-order valence-corrected chi connectivity index (χ2v) is 7.21. The van der Waals surface area contributed by atoms with E-state index in [-0.39, 0.29) is 17.9 Å². The van der Waals surface area contributed by atoms with E-state index >= 15 is 0 Å². The molecule has 5 nitrogen and oxygen atoms in total. The van der Waals surface area contributed by atoms with Gasteiger partial charge in [0.25, 0.3) is 0 Å². The fraction of sp³-hybridized carbons (Fsp3) is 0.579. The zero-order valence-corrected chi connectivity index (χ0v) is 16.2. The minimum Gasteiger partial charge on any atom is -0.485 e. The van der Waals surface area contributed by atoms with Gasteiger partial charge in [-0.1, -0.05) is 37.6 Å². The Morgan fingerprint density at radius 3 is 2.96 bits per heavy atom. The smallest absolute Gasteiger partial charge is 0.225 e. The van der Waals surface area contributed by atoms with Gasteiger partial charge in [-0.3, -0.25) is 4.79 Å². The number of hydrogen-bond acceptors (Lipinski definition) is 4. The van der Waals surface area contributed by atoms with Crippen molar-refractivity contribution in [3.63, 3.8) is 0 Å². The molecular formula is C19H28ClN3O2. The SMILES string of the molecule is CN[C@@H](C)C/C=C/c1cnc(Cl)c(O[C@H]2CCN(C(=O)C(C)C)C2)c1. The van der Waals surface area contributed by atoms with Gasteiger partial charge in [-0.2, -0.15) is 0 Å². The molecule has 0 spiro atoms. The summed E-state index contributed by atoms with van der Waals surface area (Å²) in [6.45, 7) is 7.30. The van der Waals surface area contributed by atoms with Crippen LogP contribution in [0, 0.1) is 5.92 Å². The number of pyridine rings is 1. The van der Waals surface area contributed by atoms with Crippen molar-refractivity contribution >= 4 is 23.6 Å². The van der Waals surface area contributed by atoms with Gasteiger partial charge in [0.1, 0.15) is 6.10 Å². The van der Waals surface area contributed by atoms with Gasteiger partial charge in [0, 0.05) is 31.1 Å². The second-order valence-electron chi connectivity index (χ2n) is 6.85. The molecule has 1 saturated heterocycles. The molecule has 1 fully saturated rings. The van der Waals surface area contributed by atoms with E-state index in [1.54, 1.807) is 6.20 Å². The van der Waals surface area contributed by atoms with Crippen molar-refractivity contribution in [3.05, 3.63) is 29.1 Å². The lowest BCUT2D eigenvalue weighted by Gasteiger charge is -2.19. The number of carbonyl (C=O) groups excluding carboxylic acids is 1. The molecule has 0 radical (unpaired) electrons. The second kappa shape index (κ2) is 9.20. The molecule has 0 aromatic carbocycles. The molecule has 2 atom stereocenters. The van der Waals surface area contributed by atoms with Crippen LogP contribution in [-0.4, -0.2) is 48.1 Å². The first kappa shape index (κ1) is 19.7. The van der Waals surface area contributed by atoms with Crippen molar-refractivity contribution in [1.82, 2.24) is 15.2 Å². The molecule has 1 N–H and O–H groups in total. The van der Waals surface area contributed by atoms with Gasteiger partial charge in [0.05, 0.1) is 6.54 Å². The van der Waals surface area contributed by atoms with Crippen LogP contribution < -0.4 is 10.1 Å². The minimum absolute atomic E-state index is 0.0115. The zero-order valence-electron chi connectivity index (χ0n) is 15.5.